The van der Waals surface area contributed by atoms with E-state index in [4.69, 9.17) is 4.74 Å². The van der Waals surface area contributed by atoms with Crippen LogP contribution >= 0.6 is 0 Å². The van der Waals surface area contributed by atoms with Crippen LogP contribution in [0.3, 0.4) is 0 Å². The van der Waals surface area contributed by atoms with Gasteiger partial charge in [0.05, 0.1) is 0 Å². The van der Waals surface area contributed by atoms with Gasteiger partial charge in [-0.1, -0.05) is 30.3 Å². The molecule has 0 unspecified atom stereocenters. The van der Waals surface area contributed by atoms with Crippen LogP contribution in [-0.2, 0) is 21.5 Å². The summed E-state index contributed by atoms with van der Waals surface area (Å²) in [5, 5.41) is 13.3. The summed E-state index contributed by atoms with van der Waals surface area (Å²) in [7, 11) is 0. The number of ether oxygens (including phenoxy) is 1. The SMILES string of the molecule is O=C(NC1(c2ncccn2)CCOCC1)[C@@H](O)Cc1ccccc1. The molecule has 1 saturated heterocycles. The van der Waals surface area contributed by atoms with Crippen molar-refractivity contribution in [1.82, 2.24) is 15.3 Å². The Morgan fingerprint density at radius 2 is 1.83 bits per heavy atom. The maximum atomic E-state index is 12.5. The lowest BCUT2D eigenvalue weighted by Gasteiger charge is -2.37. The van der Waals surface area contributed by atoms with Crippen LogP contribution in [0.4, 0.5) is 0 Å². The summed E-state index contributed by atoms with van der Waals surface area (Å²) < 4.78 is 5.41. The van der Waals surface area contributed by atoms with Crippen molar-refractivity contribution in [1.29, 1.82) is 0 Å². The van der Waals surface area contributed by atoms with Crippen molar-refractivity contribution >= 4 is 5.91 Å². The second-order valence-electron chi connectivity index (χ2n) is 5.96. The minimum Gasteiger partial charge on any atom is -0.383 e. The lowest BCUT2D eigenvalue weighted by Crippen LogP contribution is -2.53. The zero-order valence-electron chi connectivity index (χ0n) is 13.4. The maximum Gasteiger partial charge on any atom is 0.249 e. The third kappa shape index (κ3) is 3.77. The van der Waals surface area contributed by atoms with E-state index in [9.17, 15) is 9.90 Å². The van der Waals surface area contributed by atoms with Gasteiger partial charge in [-0.25, -0.2) is 9.97 Å². The van der Waals surface area contributed by atoms with Crippen LogP contribution in [0.2, 0.25) is 0 Å². The third-order valence-electron chi connectivity index (χ3n) is 4.28. The van der Waals surface area contributed by atoms with Gasteiger partial charge in [-0.2, -0.15) is 0 Å². The number of nitrogens with zero attached hydrogens (tertiary/aromatic N) is 2. The van der Waals surface area contributed by atoms with Crippen LogP contribution in [0.5, 0.6) is 0 Å². The van der Waals surface area contributed by atoms with Crippen LogP contribution in [0.25, 0.3) is 0 Å². The fraction of sp³-hybridized carbons (Fsp3) is 0.389. The zero-order valence-corrected chi connectivity index (χ0v) is 13.4. The number of nitrogens with one attached hydrogen (secondary N) is 1. The van der Waals surface area contributed by atoms with Crippen molar-refractivity contribution < 1.29 is 14.6 Å². The summed E-state index contributed by atoms with van der Waals surface area (Å²) in [6.45, 7) is 1.04. The van der Waals surface area contributed by atoms with Crippen molar-refractivity contribution in [3.63, 3.8) is 0 Å². The summed E-state index contributed by atoms with van der Waals surface area (Å²) >= 11 is 0. The van der Waals surface area contributed by atoms with E-state index in [1.165, 1.54) is 0 Å². The number of carbonyl (C=O) groups excluding carboxylic acids is 1. The molecule has 0 bridgehead atoms. The predicted octanol–water partition coefficient (Wildman–Crippen LogP) is 1.20. The Hall–Kier alpha value is -2.31. The van der Waals surface area contributed by atoms with Gasteiger partial charge in [-0.15, -0.1) is 0 Å². The molecule has 0 saturated carbocycles. The van der Waals surface area contributed by atoms with Gasteiger partial charge >= 0.3 is 0 Å². The summed E-state index contributed by atoms with van der Waals surface area (Å²) in [6, 6.07) is 11.2. The van der Waals surface area contributed by atoms with Crippen molar-refractivity contribution in [3.8, 4) is 0 Å². The number of amides is 1. The first-order chi connectivity index (χ1) is 11.7. The Bertz CT molecular complexity index is 658. The second kappa shape index (κ2) is 7.51. The lowest BCUT2D eigenvalue weighted by molar-refractivity contribution is -0.133. The molecule has 6 heteroatoms. The molecule has 0 radical (unpaired) electrons. The minimum atomic E-state index is -1.11. The number of rotatable bonds is 5. The first-order valence-corrected chi connectivity index (χ1v) is 8.09. The first kappa shape index (κ1) is 16.5. The molecule has 24 heavy (non-hydrogen) atoms. The van der Waals surface area contributed by atoms with Crippen molar-refractivity contribution in [2.75, 3.05) is 13.2 Å². The molecule has 1 aromatic carbocycles. The van der Waals surface area contributed by atoms with Gasteiger partial charge in [0.15, 0.2) is 5.82 Å². The number of aromatic nitrogens is 2. The van der Waals surface area contributed by atoms with Crippen LogP contribution in [0.1, 0.15) is 24.2 Å². The van der Waals surface area contributed by atoms with Crippen molar-refractivity contribution in [2.45, 2.75) is 30.9 Å². The average Bonchev–Trinajstić information content (AvgIpc) is 2.64. The number of hydrogen-bond acceptors (Lipinski definition) is 5. The highest BCUT2D eigenvalue weighted by Gasteiger charge is 2.39. The summed E-state index contributed by atoms with van der Waals surface area (Å²) in [5.41, 5.74) is 0.228. The van der Waals surface area contributed by atoms with Crippen LogP contribution in [0.15, 0.2) is 48.8 Å². The zero-order chi connectivity index (χ0) is 16.8. The molecule has 3 rings (SSSR count). The number of benzene rings is 1. The molecule has 2 heterocycles. The molecule has 1 fully saturated rings. The Morgan fingerprint density at radius 1 is 1.17 bits per heavy atom. The van der Waals surface area contributed by atoms with Gasteiger partial charge in [-0.05, 0) is 11.6 Å². The Labute approximate surface area is 140 Å². The molecule has 6 nitrogen and oxygen atoms in total. The number of aliphatic hydroxyl groups excluding tert-OH is 1. The highest BCUT2D eigenvalue weighted by Crippen LogP contribution is 2.29. The largest absolute Gasteiger partial charge is 0.383 e. The number of carbonyl (C=O) groups is 1. The van der Waals surface area contributed by atoms with Gasteiger partial charge in [0.25, 0.3) is 0 Å². The Balaban J connectivity index is 1.74. The molecular formula is C18H21N3O3. The maximum absolute atomic E-state index is 12.5. The molecule has 0 aliphatic carbocycles. The van der Waals surface area contributed by atoms with Gasteiger partial charge in [0.1, 0.15) is 11.6 Å². The van der Waals surface area contributed by atoms with E-state index in [1.54, 1.807) is 18.5 Å². The average molecular weight is 327 g/mol. The Morgan fingerprint density at radius 3 is 2.50 bits per heavy atom. The van der Waals surface area contributed by atoms with E-state index in [2.05, 4.69) is 15.3 Å². The van der Waals surface area contributed by atoms with Gasteiger partial charge in [0.2, 0.25) is 5.91 Å². The fourth-order valence-electron chi connectivity index (χ4n) is 2.92. The van der Waals surface area contributed by atoms with Crippen LogP contribution in [0, 0.1) is 0 Å². The topological polar surface area (TPSA) is 84.3 Å². The highest BCUT2D eigenvalue weighted by atomic mass is 16.5. The molecule has 2 aromatic rings. The Kier molecular flexibility index (Phi) is 5.17. The van der Waals surface area contributed by atoms with E-state index < -0.39 is 17.6 Å². The van der Waals surface area contributed by atoms with Crippen LogP contribution < -0.4 is 5.32 Å². The molecule has 1 amide bonds. The minimum absolute atomic E-state index is 0.273. The van der Waals surface area contributed by atoms with E-state index in [1.807, 2.05) is 30.3 Å². The normalized spacial score (nSPS) is 17.9. The number of hydrogen-bond donors (Lipinski definition) is 2. The molecule has 1 atom stereocenters. The van der Waals surface area contributed by atoms with E-state index >= 15 is 0 Å². The fourth-order valence-corrected chi connectivity index (χ4v) is 2.92. The van der Waals surface area contributed by atoms with Gasteiger partial charge < -0.3 is 15.2 Å². The molecule has 0 spiro atoms. The molecule has 2 N–H and O–H groups in total. The number of aliphatic hydroxyl groups is 1. The van der Waals surface area contributed by atoms with E-state index in [0.29, 0.717) is 31.9 Å². The predicted molar refractivity (Wildman–Crippen MR) is 88.1 cm³/mol. The molecular weight excluding hydrogens is 306 g/mol. The summed E-state index contributed by atoms with van der Waals surface area (Å²) in [6.07, 6.45) is 3.64. The highest BCUT2D eigenvalue weighted by molar-refractivity contribution is 5.81. The molecule has 1 aliphatic heterocycles. The smallest absolute Gasteiger partial charge is 0.249 e. The van der Waals surface area contributed by atoms with Crippen LogP contribution in [-0.4, -0.2) is 40.3 Å². The van der Waals surface area contributed by atoms with Crippen molar-refractivity contribution in [3.05, 3.63) is 60.2 Å². The van der Waals surface area contributed by atoms with Crippen molar-refractivity contribution in [2.24, 2.45) is 0 Å². The lowest BCUT2D eigenvalue weighted by atomic mass is 9.88. The monoisotopic (exact) mass is 327 g/mol. The summed E-state index contributed by atoms with van der Waals surface area (Å²) in [5.74, 6) is 0.154. The first-order valence-electron chi connectivity index (χ1n) is 8.09. The van der Waals surface area contributed by atoms with Gasteiger partial charge in [-0.3, -0.25) is 4.79 Å². The molecule has 126 valence electrons. The van der Waals surface area contributed by atoms with E-state index in [-0.39, 0.29) is 6.42 Å². The second-order valence-corrected chi connectivity index (χ2v) is 5.96. The molecule has 1 aliphatic rings. The van der Waals surface area contributed by atoms with Gasteiger partial charge in [0, 0.05) is 44.9 Å². The third-order valence-corrected chi connectivity index (χ3v) is 4.28. The molecule has 1 aromatic heterocycles. The quantitative estimate of drug-likeness (QED) is 0.862. The standard InChI is InChI=1S/C18H21N3O3/c22-15(13-14-5-2-1-3-6-14)16(23)21-18(7-11-24-12-8-18)17-19-9-4-10-20-17/h1-6,9-10,15,22H,7-8,11-13H2,(H,21,23)/t15-/m0/s1. The van der Waals surface area contributed by atoms with E-state index in [0.717, 1.165) is 5.56 Å². The summed E-state index contributed by atoms with van der Waals surface area (Å²) in [4.78, 5) is 21.2.